The maximum atomic E-state index is 6.12. The van der Waals surface area contributed by atoms with E-state index in [1.807, 2.05) is 30.3 Å². The molecule has 2 aromatic carbocycles. The third-order valence-electron chi connectivity index (χ3n) is 2.64. The average Bonchev–Trinajstić information content (AvgIpc) is 2.41. The molecule has 1 N–H and O–H groups in total. The number of halogens is 3. The van der Waals surface area contributed by atoms with Gasteiger partial charge in [0.15, 0.2) is 0 Å². The minimum absolute atomic E-state index is 0.639. The zero-order valence-electron chi connectivity index (χ0n) is 10.2. The van der Waals surface area contributed by atoms with Crippen LogP contribution in [-0.2, 0) is 6.54 Å². The SMILES string of the molecule is COc1ccc(Cl)c(NCc2ccc(Br)c(Cl)c2)c1. The molecule has 0 saturated heterocycles. The lowest BCUT2D eigenvalue weighted by Crippen LogP contribution is -2.00. The maximum Gasteiger partial charge on any atom is 0.121 e. The fourth-order valence-corrected chi connectivity index (χ4v) is 2.25. The standard InChI is InChI=1S/C14H12BrCl2NO/c1-19-10-3-5-12(16)14(7-10)18-8-9-2-4-11(15)13(17)6-9/h2-7,18H,8H2,1H3. The van der Waals surface area contributed by atoms with Gasteiger partial charge >= 0.3 is 0 Å². The van der Waals surface area contributed by atoms with Crippen LogP contribution in [0.4, 0.5) is 5.69 Å². The second kappa shape index (κ2) is 6.51. The van der Waals surface area contributed by atoms with Crippen LogP contribution >= 0.6 is 39.1 Å². The van der Waals surface area contributed by atoms with Gasteiger partial charge in [-0.05, 0) is 45.8 Å². The molecule has 100 valence electrons. The summed E-state index contributed by atoms with van der Waals surface area (Å²) in [5, 5.41) is 4.61. The van der Waals surface area contributed by atoms with Crippen molar-refractivity contribution < 1.29 is 4.74 Å². The summed E-state index contributed by atoms with van der Waals surface area (Å²) in [6, 6.07) is 11.3. The highest BCUT2D eigenvalue weighted by molar-refractivity contribution is 9.10. The monoisotopic (exact) mass is 359 g/mol. The molecule has 0 atom stereocenters. The summed E-state index contributed by atoms with van der Waals surface area (Å²) in [7, 11) is 1.63. The summed E-state index contributed by atoms with van der Waals surface area (Å²) >= 11 is 15.5. The molecule has 2 aromatic rings. The lowest BCUT2D eigenvalue weighted by molar-refractivity contribution is 0.415. The van der Waals surface area contributed by atoms with Crippen LogP contribution in [0, 0.1) is 0 Å². The van der Waals surface area contributed by atoms with Crippen molar-refractivity contribution in [1.82, 2.24) is 0 Å². The summed E-state index contributed by atoms with van der Waals surface area (Å²) < 4.78 is 6.06. The highest BCUT2D eigenvalue weighted by Crippen LogP contribution is 2.28. The Bertz CT molecular complexity index is 590. The molecule has 2 nitrogen and oxygen atoms in total. The number of ether oxygens (including phenoxy) is 1. The Morgan fingerprint density at radius 2 is 1.89 bits per heavy atom. The van der Waals surface area contributed by atoms with Crippen LogP contribution in [0.3, 0.4) is 0 Å². The number of rotatable bonds is 4. The van der Waals surface area contributed by atoms with Crippen LogP contribution in [-0.4, -0.2) is 7.11 Å². The zero-order chi connectivity index (χ0) is 13.8. The normalized spacial score (nSPS) is 10.3. The molecule has 0 saturated carbocycles. The van der Waals surface area contributed by atoms with E-state index in [9.17, 15) is 0 Å². The Kier molecular flexibility index (Phi) is 4.97. The van der Waals surface area contributed by atoms with Gasteiger partial charge in [-0.3, -0.25) is 0 Å². The van der Waals surface area contributed by atoms with Crippen LogP contribution < -0.4 is 10.1 Å². The number of hydrogen-bond acceptors (Lipinski definition) is 2. The van der Waals surface area contributed by atoms with Crippen molar-refractivity contribution in [2.45, 2.75) is 6.54 Å². The van der Waals surface area contributed by atoms with E-state index in [-0.39, 0.29) is 0 Å². The molecule has 0 heterocycles. The second-order valence-corrected chi connectivity index (χ2v) is 5.62. The summed E-state index contributed by atoms with van der Waals surface area (Å²) in [5.74, 6) is 0.765. The molecule has 0 amide bonds. The van der Waals surface area contributed by atoms with Gasteiger partial charge in [0.1, 0.15) is 5.75 Å². The summed E-state index contributed by atoms with van der Waals surface area (Å²) in [4.78, 5) is 0. The van der Waals surface area contributed by atoms with E-state index in [1.165, 1.54) is 0 Å². The lowest BCUT2D eigenvalue weighted by Gasteiger charge is -2.10. The minimum Gasteiger partial charge on any atom is -0.497 e. The molecule has 0 spiro atoms. The van der Waals surface area contributed by atoms with E-state index < -0.39 is 0 Å². The predicted molar refractivity (Wildman–Crippen MR) is 84.5 cm³/mol. The Labute approximate surface area is 130 Å². The smallest absolute Gasteiger partial charge is 0.121 e. The molecule has 0 aliphatic rings. The van der Waals surface area contributed by atoms with Gasteiger partial charge in [0.25, 0.3) is 0 Å². The third-order valence-corrected chi connectivity index (χ3v) is 4.20. The van der Waals surface area contributed by atoms with Crippen LogP contribution in [0.25, 0.3) is 0 Å². The molecule has 19 heavy (non-hydrogen) atoms. The van der Waals surface area contributed by atoms with Gasteiger partial charge in [0.2, 0.25) is 0 Å². The number of benzene rings is 2. The maximum absolute atomic E-state index is 6.12. The molecule has 5 heteroatoms. The van der Waals surface area contributed by atoms with Gasteiger partial charge in [-0.25, -0.2) is 0 Å². The Balaban J connectivity index is 2.11. The average molecular weight is 361 g/mol. The third kappa shape index (κ3) is 3.78. The fraction of sp³-hybridized carbons (Fsp3) is 0.143. The van der Waals surface area contributed by atoms with Gasteiger partial charge < -0.3 is 10.1 Å². The van der Waals surface area contributed by atoms with E-state index in [2.05, 4.69) is 21.2 Å². The van der Waals surface area contributed by atoms with Gasteiger partial charge in [0, 0.05) is 17.1 Å². The molecule has 0 bridgehead atoms. The van der Waals surface area contributed by atoms with Crippen LogP contribution in [0.15, 0.2) is 40.9 Å². The van der Waals surface area contributed by atoms with Crippen molar-refractivity contribution in [1.29, 1.82) is 0 Å². The molecular formula is C14H12BrCl2NO. The fourth-order valence-electron chi connectivity index (χ4n) is 1.61. The molecular weight excluding hydrogens is 349 g/mol. The zero-order valence-corrected chi connectivity index (χ0v) is 13.3. The first-order chi connectivity index (χ1) is 9.10. The quantitative estimate of drug-likeness (QED) is 0.790. The van der Waals surface area contributed by atoms with Gasteiger partial charge in [0.05, 0.1) is 22.8 Å². The highest BCUT2D eigenvalue weighted by atomic mass is 79.9. The Morgan fingerprint density at radius 3 is 2.58 bits per heavy atom. The molecule has 0 aromatic heterocycles. The molecule has 0 aliphatic carbocycles. The van der Waals surface area contributed by atoms with Crippen molar-refractivity contribution in [2.24, 2.45) is 0 Å². The van der Waals surface area contributed by atoms with E-state index >= 15 is 0 Å². The Morgan fingerprint density at radius 1 is 1.11 bits per heavy atom. The van der Waals surface area contributed by atoms with E-state index in [0.717, 1.165) is 21.5 Å². The first-order valence-corrected chi connectivity index (χ1v) is 7.16. The second-order valence-electron chi connectivity index (χ2n) is 3.95. The first-order valence-electron chi connectivity index (χ1n) is 5.61. The number of anilines is 1. The summed E-state index contributed by atoms with van der Waals surface area (Å²) in [6.07, 6.45) is 0. The highest BCUT2D eigenvalue weighted by Gasteiger charge is 2.03. The summed E-state index contributed by atoms with van der Waals surface area (Å²) in [6.45, 7) is 0.639. The summed E-state index contributed by atoms with van der Waals surface area (Å²) in [5.41, 5.74) is 1.91. The number of hydrogen-bond donors (Lipinski definition) is 1. The predicted octanol–water partition coefficient (Wildman–Crippen LogP) is 5.38. The van der Waals surface area contributed by atoms with Crippen molar-refractivity contribution in [3.8, 4) is 5.75 Å². The molecule has 0 unspecified atom stereocenters. The van der Waals surface area contributed by atoms with Crippen LogP contribution in [0.5, 0.6) is 5.75 Å². The molecule has 2 rings (SSSR count). The van der Waals surface area contributed by atoms with Crippen molar-refractivity contribution in [3.63, 3.8) is 0 Å². The van der Waals surface area contributed by atoms with Crippen LogP contribution in [0.2, 0.25) is 10.0 Å². The molecule has 0 radical (unpaired) electrons. The molecule has 0 fully saturated rings. The number of methoxy groups -OCH3 is 1. The van der Waals surface area contributed by atoms with Gasteiger partial charge in [-0.1, -0.05) is 29.3 Å². The van der Waals surface area contributed by atoms with E-state index in [1.54, 1.807) is 13.2 Å². The van der Waals surface area contributed by atoms with Crippen LogP contribution in [0.1, 0.15) is 5.56 Å². The van der Waals surface area contributed by atoms with Crippen molar-refractivity contribution in [3.05, 3.63) is 56.5 Å². The van der Waals surface area contributed by atoms with Crippen molar-refractivity contribution in [2.75, 3.05) is 12.4 Å². The van der Waals surface area contributed by atoms with Crippen molar-refractivity contribution >= 4 is 44.8 Å². The Hall–Kier alpha value is -0.900. The topological polar surface area (TPSA) is 21.3 Å². The lowest BCUT2D eigenvalue weighted by atomic mass is 10.2. The van der Waals surface area contributed by atoms with Gasteiger partial charge in [-0.15, -0.1) is 0 Å². The molecule has 0 aliphatic heterocycles. The minimum atomic E-state index is 0.639. The van der Waals surface area contributed by atoms with Gasteiger partial charge in [-0.2, -0.15) is 0 Å². The van der Waals surface area contributed by atoms with E-state index in [0.29, 0.717) is 16.6 Å². The van der Waals surface area contributed by atoms with E-state index in [4.69, 9.17) is 27.9 Å². The largest absolute Gasteiger partial charge is 0.497 e. The first kappa shape index (κ1) is 14.5. The number of nitrogens with one attached hydrogen (secondary N) is 1.